The van der Waals surface area contributed by atoms with Gasteiger partial charge in [-0.1, -0.05) is 57.5 Å². The van der Waals surface area contributed by atoms with Gasteiger partial charge in [-0.15, -0.1) is 0 Å². The Bertz CT molecular complexity index is 455. The van der Waals surface area contributed by atoms with Crippen molar-refractivity contribution >= 4 is 5.97 Å². The van der Waals surface area contributed by atoms with Crippen LogP contribution in [0.4, 0.5) is 0 Å². The van der Waals surface area contributed by atoms with Crippen LogP contribution in [0.2, 0.25) is 0 Å². The first-order valence-electron chi connectivity index (χ1n) is 7.92. The molecule has 0 heterocycles. The Morgan fingerprint density at radius 1 is 1.24 bits per heavy atom. The van der Waals surface area contributed by atoms with Crippen molar-refractivity contribution < 1.29 is 14.6 Å². The molecule has 3 nitrogen and oxygen atoms in total. The standard InChI is InChI=1S/C18H26O3/c1-12(2)15-10-9-13(3)11-16(15)21-18(20)17(19)14-7-5-4-6-8-14/h4-8,12-13,15-17,19H,9-11H2,1-3H3/t13-,15-,16-,17-/m1/s1. The zero-order chi connectivity index (χ0) is 15.4. The van der Waals surface area contributed by atoms with Crippen LogP contribution in [0.1, 0.15) is 51.7 Å². The molecule has 0 radical (unpaired) electrons. The highest BCUT2D eigenvalue weighted by molar-refractivity contribution is 5.76. The largest absolute Gasteiger partial charge is 0.460 e. The molecule has 0 aliphatic heterocycles. The van der Waals surface area contributed by atoms with Crippen LogP contribution in [-0.4, -0.2) is 17.2 Å². The van der Waals surface area contributed by atoms with Gasteiger partial charge >= 0.3 is 5.97 Å². The van der Waals surface area contributed by atoms with E-state index in [1.165, 1.54) is 6.42 Å². The summed E-state index contributed by atoms with van der Waals surface area (Å²) in [5, 5.41) is 10.1. The summed E-state index contributed by atoms with van der Waals surface area (Å²) in [6, 6.07) is 8.97. The van der Waals surface area contributed by atoms with Crippen LogP contribution in [0.3, 0.4) is 0 Å². The molecule has 21 heavy (non-hydrogen) atoms. The van der Waals surface area contributed by atoms with E-state index in [1.54, 1.807) is 12.1 Å². The minimum absolute atomic E-state index is 0.0698. The molecule has 1 aliphatic rings. The highest BCUT2D eigenvalue weighted by Gasteiger charge is 2.34. The van der Waals surface area contributed by atoms with Crippen molar-refractivity contribution in [1.29, 1.82) is 0 Å². The summed E-state index contributed by atoms with van der Waals surface area (Å²) in [6.07, 6.45) is 1.93. The number of hydrogen-bond acceptors (Lipinski definition) is 3. The Morgan fingerprint density at radius 3 is 2.52 bits per heavy atom. The van der Waals surface area contributed by atoms with Crippen molar-refractivity contribution in [3.8, 4) is 0 Å². The van der Waals surface area contributed by atoms with Gasteiger partial charge in [0.2, 0.25) is 0 Å². The normalized spacial score (nSPS) is 27.4. The highest BCUT2D eigenvalue weighted by atomic mass is 16.6. The van der Waals surface area contributed by atoms with E-state index < -0.39 is 12.1 Å². The molecule has 1 N–H and O–H groups in total. The van der Waals surface area contributed by atoms with Crippen molar-refractivity contribution in [1.82, 2.24) is 0 Å². The van der Waals surface area contributed by atoms with Crippen LogP contribution in [0.25, 0.3) is 0 Å². The van der Waals surface area contributed by atoms with Gasteiger partial charge in [-0.3, -0.25) is 0 Å². The van der Waals surface area contributed by atoms with Gasteiger partial charge in [0.1, 0.15) is 6.10 Å². The Kier molecular flexibility index (Phi) is 5.40. The summed E-state index contributed by atoms with van der Waals surface area (Å²) in [5.41, 5.74) is 0.590. The molecular weight excluding hydrogens is 264 g/mol. The number of hydrogen-bond donors (Lipinski definition) is 1. The Hall–Kier alpha value is -1.35. The SMILES string of the molecule is CC(C)[C@H]1CC[C@@H](C)C[C@H]1OC(=O)[C@H](O)c1ccccc1. The molecule has 1 saturated carbocycles. The molecule has 1 aromatic rings. The first-order valence-corrected chi connectivity index (χ1v) is 7.92. The van der Waals surface area contributed by atoms with Crippen molar-refractivity contribution in [2.45, 2.75) is 52.2 Å². The number of benzene rings is 1. The topological polar surface area (TPSA) is 46.5 Å². The van der Waals surface area contributed by atoms with E-state index in [1.807, 2.05) is 18.2 Å². The summed E-state index contributed by atoms with van der Waals surface area (Å²) in [7, 11) is 0. The maximum atomic E-state index is 12.2. The lowest BCUT2D eigenvalue weighted by Crippen LogP contribution is -2.37. The average Bonchev–Trinajstić information content (AvgIpc) is 2.47. The first-order chi connectivity index (χ1) is 9.99. The predicted octanol–water partition coefficient (Wildman–Crippen LogP) is 3.72. The van der Waals surface area contributed by atoms with Crippen LogP contribution < -0.4 is 0 Å². The van der Waals surface area contributed by atoms with E-state index in [2.05, 4.69) is 20.8 Å². The van der Waals surface area contributed by atoms with Gasteiger partial charge in [0.05, 0.1) is 0 Å². The number of ether oxygens (including phenoxy) is 1. The lowest BCUT2D eigenvalue weighted by atomic mass is 9.75. The van der Waals surface area contributed by atoms with E-state index in [9.17, 15) is 9.90 Å². The molecule has 1 fully saturated rings. The van der Waals surface area contributed by atoms with Gasteiger partial charge in [0.25, 0.3) is 0 Å². The monoisotopic (exact) mass is 290 g/mol. The maximum absolute atomic E-state index is 12.2. The molecule has 0 spiro atoms. The van der Waals surface area contributed by atoms with Gasteiger partial charge in [0.15, 0.2) is 6.10 Å². The lowest BCUT2D eigenvalue weighted by molar-refractivity contribution is -0.166. The molecule has 0 amide bonds. The molecule has 1 aliphatic carbocycles. The van der Waals surface area contributed by atoms with E-state index in [4.69, 9.17) is 4.74 Å². The van der Waals surface area contributed by atoms with Gasteiger partial charge in [0, 0.05) is 0 Å². The molecular formula is C18H26O3. The number of esters is 1. The zero-order valence-corrected chi connectivity index (χ0v) is 13.2. The second-order valence-electron chi connectivity index (χ2n) is 6.61. The van der Waals surface area contributed by atoms with Gasteiger partial charge in [-0.2, -0.15) is 0 Å². The Labute approximate surface area is 127 Å². The third kappa shape index (κ3) is 4.07. The highest BCUT2D eigenvalue weighted by Crippen LogP contribution is 2.36. The summed E-state index contributed by atoms with van der Waals surface area (Å²) in [5.74, 6) is 0.940. The maximum Gasteiger partial charge on any atom is 0.339 e. The fraction of sp³-hybridized carbons (Fsp3) is 0.611. The van der Waals surface area contributed by atoms with Gasteiger partial charge in [-0.05, 0) is 36.2 Å². The van der Waals surface area contributed by atoms with Crippen LogP contribution in [0.5, 0.6) is 0 Å². The molecule has 3 heteroatoms. The Morgan fingerprint density at radius 2 is 1.90 bits per heavy atom. The summed E-state index contributed by atoms with van der Waals surface area (Å²) >= 11 is 0. The summed E-state index contributed by atoms with van der Waals surface area (Å²) in [6.45, 7) is 6.55. The fourth-order valence-corrected chi connectivity index (χ4v) is 3.24. The second kappa shape index (κ2) is 7.08. The van der Waals surface area contributed by atoms with Crippen molar-refractivity contribution in [2.24, 2.45) is 17.8 Å². The number of rotatable bonds is 4. The van der Waals surface area contributed by atoms with Crippen LogP contribution in [0.15, 0.2) is 30.3 Å². The van der Waals surface area contributed by atoms with E-state index in [0.717, 1.165) is 12.8 Å². The van der Waals surface area contributed by atoms with Crippen LogP contribution >= 0.6 is 0 Å². The van der Waals surface area contributed by atoms with Crippen LogP contribution in [-0.2, 0) is 9.53 Å². The van der Waals surface area contributed by atoms with Crippen molar-refractivity contribution in [3.63, 3.8) is 0 Å². The number of aliphatic hydroxyl groups excluding tert-OH is 1. The average molecular weight is 290 g/mol. The zero-order valence-electron chi connectivity index (χ0n) is 13.2. The minimum Gasteiger partial charge on any atom is -0.460 e. The van der Waals surface area contributed by atoms with Crippen LogP contribution in [0, 0.1) is 17.8 Å². The lowest BCUT2D eigenvalue weighted by Gasteiger charge is -2.37. The van der Waals surface area contributed by atoms with E-state index in [0.29, 0.717) is 23.3 Å². The molecule has 2 rings (SSSR count). The number of carbonyl (C=O) groups is 1. The molecule has 4 atom stereocenters. The number of carbonyl (C=O) groups excluding carboxylic acids is 1. The van der Waals surface area contributed by atoms with E-state index >= 15 is 0 Å². The fourth-order valence-electron chi connectivity index (χ4n) is 3.24. The summed E-state index contributed by atoms with van der Waals surface area (Å²) < 4.78 is 5.66. The molecule has 116 valence electrons. The molecule has 0 aromatic heterocycles. The van der Waals surface area contributed by atoms with Gasteiger partial charge in [-0.25, -0.2) is 4.79 Å². The molecule has 1 aromatic carbocycles. The Balaban J connectivity index is 2.02. The summed E-state index contributed by atoms with van der Waals surface area (Å²) in [4.78, 5) is 12.2. The quantitative estimate of drug-likeness (QED) is 0.860. The number of aliphatic hydroxyl groups is 1. The van der Waals surface area contributed by atoms with Gasteiger partial charge < -0.3 is 9.84 Å². The smallest absolute Gasteiger partial charge is 0.339 e. The molecule has 0 bridgehead atoms. The first kappa shape index (κ1) is 16.0. The minimum atomic E-state index is -1.18. The second-order valence-corrected chi connectivity index (χ2v) is 6.61. The third-order valence-corrected chi connectivity index (χ3v) is 4.57. The molecule has 0 saturated heterocycles. The predicted molar refractivity (Wildman–Crippen MR) is 82.6 cm³/mol. The molecule has 0 unspecified atom stereocenters. The van der Waals surface area contributed by atoms with Crippen molar-refractivity contribution in [3.05, 3.63) is 35.9 Å². The van der Waals surface area contributed by atoms with E-state index in [-0.39, 0.29) is 6.10 Å². The van der Waals surface area contributed by atoms with Crippen molar-refractivity contribution in [2.75, 3.05) is 0 Å². The third-order valence-electron chi connectivity index (χ3n) is 4.57.